The van der Waals surface area contributed by atoms with Gasteiger partial charge in [-0.15, -0.1) is 0 Å². The van der Waals surface area contributed by atoms with Gasteiger partial charge in [0, 0.05) is 0 Å². The molecule has 3 aliphatic rings. The summed E-state index contributed by atoms with van der Waals surface area (Å²) in [6.07, 6.45) is 4.01. The number of nitrogens with zero attached hydrogens (tertiary/aromatic N) is 2. The summed E-state index contributed by atoms with van der Waals surface area (Å²) in [6.45, 7) is 0. The molecule has 0 fully saturated rings. The molecule has 0 aromatic heterocycles. The number of carboxylic acids is 1. The Morgan fingerprint density at radius 2 is 1.62 bits per heavy atom. The van der Waals surface area contributed by atoms with E-state index < -0.39 is 35.8 Å². The number of aliphatic carboxylic acids is 1. The van der Waals surface area contributed by atoms with Crippen LogP contribution in [0.15, 0.2) is 48.5 Å². The molecule has 7 nitrogen and oxygen atoms in total. The Bertz CT molecular complexity index is 1100. The van der Waals surface area contributed by atoms with Crippen molar-refractivity contribution in [2.45, 2.75) is 24.9 Å². The third kappa shape index (κ3) is 2.37. The van der Waals surface area contributed by atoms with Crippen molar-refractivity contribution in [3.63, 3.8) is 0 Å². The average Bonchev–Trinajstić information content (AvgIpc) is 2.88. The fraction of sp³-hybridized carbons (Fsp3) is 0.182. The van der Waals surface area contributed by atoms with Crippen LogP contribution in [0.5, 0.6) is 0 Å². The van der Waals surface area contributed by atoms with Crippen LogP contribution in [0.3, 0.4) is 0 Å². The Balaban J connectivity index is 1.64. The van der Waals surface area contributed by atoms with Crippen molar-refractivity contribution in [1.82, 2.24) is 4.90 Å². The van der Waals surface area contributed by atoms with Gasteiger partial charge in [0.25, 0.3) is 17.7 Å². The van der Waals surface area contributed by atoms with Crippen molar-refractivity contribution >= 4 is 35.5 Å². The highest BCUT2D eigenvalue weighted by Crippen LogP contribution is 2.38. The zero-order valence-electron chi connectivity index (χ0n) is 15.2. The summed E-state index contributed by atoms with van der Waals surface area (Å²) in [5.41, 5.74) is 2.61. The Morgan fingerprint density at radius 1 is 0.931 bits per heavy atom. The van der Waals surface area contributed by atoms with Crippen LogP contribution >= 0.6 is 0 Å². The largest absolute Gasteiger partial charge is 0.480 e. The van der Waals surface area contributed by atoms with E-state index in [1.807, 2.05) is 12.1 Å². The first-order valence-electron chi connectivity index (χ1n) is 9.32. The smallest absolute Gasteiger partial charge is 0.326 e. The Labute approximate surface area is 165 Å². The summed E-state index contributed by atoms with van der Waals surface area (Å²) in [4.78, 5) is 53.4. The van der Waals surface area contributed by atoms with Crippen LogP contribution in [0.25, 0.3) is 6.08 Å². The van der Waals surface area contributed by atoms with Gasteiger partial charge in [0.1, 0.15) is 12.1 Å². The fourth-order valence-electron chi connectivity index (χ4n) is 4.39. The number of carboxylic acid groups (broad SMARTS) is 1. The van der Waals surface area contributed by atoms with Gasteiger partial charge in [-0.1, -0.05) is 42.5 Å². The number of aryl methyl sites for hydroxylation is 1. The number of hydrogen-bond acceptors (Lipinski definition) is 4. The molecular formula is C22H16N2O5. The third-order valence-electron chi connectivity index (χ3n) is 5.73. The van der Waals surface area contributed by atoms with E-state index in [0.29, 0.717) is 17.7 Å². The van der Waals surface area contributed by atoms with E-state index in [9.17, 15) is 24.3 Å². The molecule has 144 valence electrons. The lowest BCUT2D eigenvalue weighted by atomic mass is 9.93. The van der Waals surface area contributed by atoms with Gasteiger partial charge in [0.2, 0.25) is 0 Å². The van der Waals surface area contributed by atoms with Crippen LogP contribution in [0, 0.1) is 0 Å². The molecule has 0 aliphatic carbocycles. The van der Waals surface area contributed by atoms with Gasteiger partial charge >= 0.3 is 5.97 Å². The number of para-hydroxylation sites is 1. The molecule has 7 heteroatoms. The summed E-state index contributed by atoms with van der Waals surface area (Å²) in [5.74, 6) is -2.80. The summed E-state index contributed by atoms with van der Waals surface area (Å²) in [5, 5.41) is 9.73. The van der Waals surface area contributed by atoms with Crippen molar-refractivity contribution in [2.24, 2.45) is 0 Å². The van der Waals surface area contributed by atoms with Gasteiger partial charge in [-0.2, -0.15) is 0 Å². The van der Waals surface area contributed by atoms with E-state index >= 15 is 0 Å². The lowest BCUT2D eigenvalue weighted by Crippen LogP contribution is -2.56. The quantitative estimate of drug-likeness (QED) is 0.795. The summed E-state index contributed by atoms with van der Waals surface area (Å²) in [7, 11) is 0. The molecule has 0 spiro atoms. The Morgan fingerprint density at radius 3 is 2.28 bits per heavy atom. The Kier molecular flexibility index (Phi) is 3.67. The summed E-state index contributed by atoms with van der Waals surface area (Å²) in [6, 6.07) is 9.68. The van der Waals surface area contributed by atoms with Crippen molar-refractivity contribution in [3.8, 4) is 0 Å². The van der Waals surface area contributed by atoms with Gasteiger partial charge in [0.05, 0.1) is 16.8 Å². The second-order valence-corrected chi connectivity index (χ2v) is 7.29. The van der Waals surface area contributed by atoms with E-state index in [0.717, 1.165) is 10.5 Å². The number of carbonyl (C=O) groups excluding carboxylic acids is 3. The van der Waals surface area contributed by atoms with Gasteiger partial charge in [-0.3, -0.25) is 24.2 Å². The zero-order valence-corrected chi connectivity index (χ0v) is 15.2. The standard InChI is InChI=1S/C22H16N2O5/c25-19-14-6-1-2-7-15(14)20(26)24(19)16-10-8-12-4-3-5-13-9-11-17(22(28)29)23(18(12)13)21(16)27/h1-8,10,16-17H,9,11H2,(H,28,29)/t16-,17-/m1/s1. The second-order valence-electron chi connectivity index (χ2n) is 7.29. The molecule has 2 aromatic carbocycles. The number of imide groups is 1. The van der Waals surface area contributed by atoms with Crippen molar-refractivity contribution in [1.29, 1.82) is 0 Å². The van der Waals surface area contributed by atoms with Gasteiger partial charge in [-0.05, 0) is 36.1 Å². The van der Waals surface area contributed by atoms with Crippen LogP contribution < -0.4 is 4.90 Å². The van der Waals surface area contributed by atoms with Crippen LogP contribution in [0.4, 0.5) is 5.69 Å². The number of fused-ring (bicyclic) bond motifs is 1. The minimum Gasteiger partial charge on any atom is -0.480 e. The van der Waals surface area contributed by atoms with Crippen LogP contribution in [-0.2, 0) is 16.0 Å². The highest BCUT2D eigenvalue weighted by atomic mass is 16.4. The zero-order chi connectivity index (χ0) is 20.3. The molecule has 0 unspecified atom stereocenters. The SMILES string of the molecule is O=C(O)[C@H]1CCc2cccc3c2N1C(=O)[C@H](N1C(=O)c2ccccc2C1=O)C=C3. The molecule has 2 atom stereocenters. The molecular weight excluding hydrogens is 372 g/mol. The maximum atomic E-state index is 13.5. The molecule has 29 heavy (non-hydrogen) atoms. The lowest BCUT2D eigenvalue weighted by Gasteiger charge is -2.37. The number of rotatable bonds is 2. The highest BCUT2D eigenvalue weighted by molar-refractivity contribution is 6.24. The molecule has 3 heterocycles. The number of amides is 3. The summed E-state index contributed by atoms with van der Waals surface area (Å²) >= 11 is 0. The van der Waals surface area contributed by atoms with E-state index in [-0.39, 0.29) is 17.5 Å². The van der Waals surface area contributed by atoms with E-state index in [1.165, 1.54) is 11.0 Å². The first-order chi connectivity index (χ1) is 14.0. The third-order valence-corrected chi connectivity index (χ3v) is 5.73. The first-order valence-corrected chi connectivity index (χ1v) is 9.32. The molecule has 0 radical (unpaired) electrons. The predicted octanol–water partition coefficient (Wildman–Crippen LogP) is 2.11. The normalized spacial score (nSPS) is 22.4. The topological polar surface area (TPSA) is 95.0 Å². The van der Waals surface area contributed by atoms with Crippen LogP contribution in [-0.4, -0.2) is 45.8 Å². The molecule has 1 N–H and O–H groups in total. The Hall–Kier alpha value is -3.74. The van der Waals surface area contributed by atoms with Crippen LogP contribution in [0.1, 0.15) is 38.3 Å². The van der Waals surface area contributed by atoms with Crippen molar-refractivity contribution < 1.29 is 24.3 Å². The second kappa shape index (κ2) is 6.13. The minimum atomic E-state index is -1.21. The highest BCUT2D eigenvalue weighted by Gasteiger charge is 2.47. The summed E-state index contributed by atoms with van der Waals surface area (Å²) < 4.78 is 0. The van der Waals surface area contributed by atoms with E-state index in [2.05, 4.69) is 0 Å². The van der Waals surface area contributed by atoms with E-state index in [1.54, 1.807) is 36.4 Å². The first kappa shape index (κ1) is 17.4. The molecule has 0 saturated heterocycles. The number of anilines is 1. The fourth-order valence-corrected chi connectivity index (χ4v) is 4.39. The number of hydrogen-bond donors (Lipinski definition) is 1. The molecule has 0 saturated carbocycles. The average molecular weight is 388 g/mol. The molecule has 3 amide bonds. The van der Waals surface area contributed by atoms with Gasteiger partial charge in [0.15, 0.2) is 0 Å². The molecule has 5 rings (SSSR count). The number of benzene rings is 2. The lowest BCUT2D eigenvalue weighted by molar-refractivity contribution is -0.140. The van der Waals surface area contributed by atoms with Crippen molar-refractivity contribution in [2.75, 3.05) is 4.90 Å². The number of carbonyl (C=O) groups is 4. The maximum absolute atomic E-state index is 13.5. The van der Waals surface area contributed by atoms with Crippen molar-refractivity contribution in [3.05, 3.63) is 70.8 Å². The van der Waals surface area contributed by atoms with Crippen LogP contribution in [0.2, 0.25) is 0 Å². The van der Waals surface area contributed by atoms with E-state index in [4.69, 9.17) is 0 Å². The predicted molar refractivity (Wildman–Crippen MR) is 103 cm³/mol. The van der Waals surface area contributed by atoms with Gasteiger partial charge in [-0.25, -0.2) is 4.79 Å². The maximum Gasteiger partial charge on any atom is 0.326 e. The monoisotopic (exact) mass is 388 g/mol. The molecule has 3 aliphatic heterocycles. The molecule has 0 bridgehead atoms. The molecule has 2 aromatic rings. The minimum absolute atomic E-state index is 0.245. The van der Waals surface area contributed by atoms with Gasteiger partial charge < -0.3 is 5.11 Å².